The number of aryl methyl sites for hydroxylation is 1. The van der Waals surface area contributed by atoms with Crippen LogP contribution < -0.4 is 10.5 Å². The third-order valence-electron chi connectivity index (χ3n) is 4.72. The van der Waals surface area contributed by atoms with Gasteiger partial charge in [0.25, 0.3) is 0 Å². The molecule has 2 heterocycles. The molecule has 0 saturated heterocycles. The van der Waals surface area contributed by atoms with E-state index in [4.69, 9.17) is 15.5 Å². The average molecular weight is 372 g/mol. The van der Waals surface area contributed by atoms with Gasteiger partial charge in [0.15, 0.2) is 0 Å². The molecule has 6 heteroatoms. The largest absolute Gasteiger partial charge is 0.507 e. The van der Waals surface area contributed by atoms with Gasteiger partial charge >= 0.3 is 0 Å². The summed E-state index contributed by atoms with van der Waals surface area (Å²) < 4.78 is 5.36. The summed E-state index contributed by atoms with van der Waals surface area (Å²) in [6.45, 7) is 2.03. The second-order valence-corrected chi connectivity index (χ2v) is 6.41. The molecule has 2 aromatic heterocycles. The Hall–Kier alpha value is -3.67. The molecule has 140 valence electrons. The van der Waals surface area contributed by atoms with E-state index in [2.05, 4.69) is 9.97 Å². The van der Waals surface area contributed by atoms with Crippen LogP contribution in [0.25, 0.3) is 33.4 Å². The number of ether oxygens (including phenoxy) is 1. The molecular formula is C22H20N4O2. The lowest BCUT2D eigenvalue weighted by atomic mass is 9.99. The highest BCUT2D eigenvalue weighted by molar-refractivity contribution is 5.87. The fraction of sp³-hybridized carbons (Fsp3) is 0.136. The van der Waals surface area contributed by atoms with Crippen LogP contribution in [-0.2, 0) is 6.42 Å². The Bertz CT molecular complexity index is 1170. The molecule has 0 bridgehead atoms. The van der Waals surface area contributed by atoms with E-state index in [1.54, 1.807) is 19.4 Å². The van der Waals surface area contributed by atoms with E-state index in [1.807, 2.05) is 49.4 Å². The maximum absolute atomic E-state index is 10.6. The van der Waals surface area contributed by atoms with E-state index < -0.39 is 0 Å². The first-order valence-electron chi connectivity index (χ1n) is 8.99. The van der Waals surface area contributed by atoms with Gasteiger partial charge in [-0.15, -0.1) is 0 Å². The summed E-state index contributed by atoms with van der Waals surface area (Å²) in [5.41, 5.74) is 10.2. The quantitative estimate of drug-likeness (QED) is 0.557. The Balaban J connectivity index is 1.94. The first-order valence-corrected chi connectivity index (χ1v) is 8.99. The molecule has 0 aliphatic carbocycles. The van der Waals surface area contributed by atoms with Crippen molar-refractivity contribution in [3.8, 4) is 34.0 Å². The van der Waals surface area contributed by atoms with Gasteiger partial charge in [-0.1, -0.05) is 31.2 Å². The van der Waals surface area contributed by atoms with Crippen molar-refractivity contribution in [3.05, 3.63) is 60.3 Å². The van der Waals surface area contributed by atoms with Gasteiger partial charge in [-0.05, 0) is 30.2 Å². The number of nitrogen functional groups attached to an aromatic ring is 1. The maximum Gasteiger partial charge on any atom is 0.220 e. The Kier molecular flexibility index (Phi) is 4.53. The molecule has 2 aromatic carbocycles. The molecule has 4 rings (SSSR count). The number of methoxy groups -OCH3 is 1. The first kappa shape index (κ1) is 17.7. The number of fused-ring (bicyclic) bond motifs is 1. The Morgan fingerprint density at radius 1 is 1.04 bits per heavy atom. The maximum atomic E-state index is 10.6. The van der Waals surface area contributed by atoms with Gasteiger partial charge in [0.05, 0.1) is 24.0 Å². The van der Waals surface area contributed by atoms with Gasteiger partial charge in [0, 0.05) is 28.8 Å². The molecule has 28 heavy (non-hydrogen) atoms. The Morgan fingerprint density at radius 2 is 1.86 bits per heavy atom. The number of nitrogens with two attached hydrogens (primary N) is 1. The number of hydrogen-bond donors (Lipinski definition) is 2. The van der Waals surface area contributed by atoms with Crippen LogP contribution in [0.4, 0.5) is 5.95 Å². The zero-order valence-electron chi connectivity index (χ0n) is 15.7. The number of para-hydroxylation sites is 1. The van der Waals surface area contributed by atoms with Crippen LogP contribution in [0.1, 0.15) is 12.5 Å². The minimum atomic E-state index is 0.0641. The molecule has 0 radical (unpaired) electrons. The standard InChI is InChI=1S/C22H20N4O2/c1-3-13-10-15(19(27)11-20(13)28-2)21-16(12-24-22(23)26-21)18-9-8-14-6-4-5-7-17(14)25-18/h4-12,27H,3H2,1-2H3,(H2,23,24,26). The van der Waals surface area contributed by atoms with Gasteiger partial charge < -0.3 is 15.6 Å². The van der Waals surface area contributed by atoms with Gasteiger partial charge in [-0.25, -0.2) is 15.0 Å². The lowest BCUT2D eigenvalue weighted by Crippen LogP contribution is -2.01. The van der Waals surface area contributed by atoms with Gasteiger partial charge in [-0.3, -0.25) is 0 Å². The molecule has 6 nitrogen and oxygen atoms in total. The number of pyridine rings is 1. The van der Waals surface area contributed by atoms with Crippen LogP contribution in [-0.4, -0.2) is 27.2 Å². The van der Waals surface area contributed by atoms with Crippen molar-refractivity contribution in [2.45, 2.75) is 13.3 Å². The van der Waals surface area contributed by atoms with Crippen molar-refractivity contribution in [1.29, 1.82) is 0 Å². The minimum Gasteiger partial charge on any atom is -0.507 e. The number of anilines is 1. The molecular weight excluding hydrogens is 352 g/mol. The topological polar surface area (TPSA) is 94.2 Å². The van der Waals surface area contributed by atoms with Gasteiger partial charge in [-0.2, -0.15) is 0 Å². The predicted molar refractivity (Wildman–Crippen MR) is 110 cm³/mol. The van der Waals surface area contributed by atoms with Crippen molar-refractivity contribution in [3.63, 3.8) is 0 Å². The van der Waals surface area contributed by atoms with Gasteiger partial charge in [0.2, 0.25) is 5.95 Å². The fourth-order valence-electron chi connectivity index (χ4n) is 3.27. The van der Waals surface area contributed by atoms with Crippen LogP contribution in [0.2, 0.25) is 0 Å². The number of hydrogen-bond acceptors (Lipinski definition) is 6. The SMILES string of the molecule is CCc1cc(-c2nc(N)ncc2-c2ccc3ccccc3n2)c(O)cc1OC. The lowest BCUT2D eigenvalue weighted by Gasteiger charge is -2.14. The summed E-state index contributed by atoms with van der Waals surface area (Å²) in [6, 6.07) is 15.3. The predicted octanol–water partition coefficient (Wildman–Crippen LogP) is 4.22. The lowest BCUT2D eigenvalue weighted by molar-refractivity contribution is 0.403. The number of benzene rings is 2. The van der Waals surface area contributed by atoms with Crippen molar-refractivity contribution in [1.82, 2.24) is 15.0 Å². The van der Waals surface area contributed by atoms with E-state index >= 15 is 0 Å². The molecule has 0 aliphatic rings. The molecule has 0 aliphatic heterocycles. The molecule has 0 fully saturated rings. The van der Waals surface area contributed by atoms with Crippen LogP contribution in [0.3, 0.4) is 0 Å². The number of nitrogens with zero attached hydrogens (tertiary/aromatic N) is 3. The van der Waals surface area contributed by atoms with Crippen molar-refractivity contribution in [2.75, 3.05) is 12.8 Å². The van der Waals surface area contributed by atoms with Crippen LogP contribution in [0, 0.1) is 0 Å². The molecule has 0 unspecified atom stereocenters. The molecule has 3 N–H and O–H groups in total. The Morgan fingerprint density at radius 3 is 2.64 bits per heavy atom. The monoisotopic (exact) mass is 372 g/mol. The van der Waals surface area contributed by atoms with Crippen molar-refractivity contribution < 1.29 is 9.84 Å². The third-order valence-corrected chi connectivity index (χ3v) is 4.72. The number of aromatic hydroxyl groups is 1. The summed E-state index contributed by atoms with van der Waals surface area (Å²) in [4.78, 5) is 13.3. The van der Waals surface area contributed by atoms with E-state index in [0.29, 0.717) is 28.3 Å². The summed E-state index contributed by atoms with van der Waals surface area (Å²) in [5, 5.41) is 11.7. The van der Waals surface area contributed by atoms with E-state index in [0.717, 1.165) is 22.9 Å². The normalized spacial score (nSPS) is 10.9. The zero-order chi connectivity index (χ0) is 19.7. The molecule has 0 amide bonds. The van der Waals surface area contributed by atoms with Crippen molar-refractivity contribution in [2.24, 2.45) is 0 Å². The summed E-state index contributed by atoms with van der Waals surface area (Å²) >= 11 is 0. The fourth-order valence-corrected chi connectivity index (χ4v) is 3.27. The van der Waals surface area contributed by atoms with Gasteiger partial charge in [0.1, 0.15) is 11.5 Å². The highest BCUT2D eigenvalue weighted by atomic mass is 16.5. The van der Waals surface area contributed by atoms with E-state index in [1.165, 1.54) is 0 Å². The second-order valence-electron chi connectivity index (χ2n) is 6.41. The van der Waals surface area contributed by atoms with Crippen molar-refractivity contribution >= 4 is 16.9 Å². The minimum absolute atomic E-state index is 0.0641. The zero-order valence-corrected chi connectivity index (χ0v) is 15.7. The average Bonchev–Trinajstić information content (AvgIpc) is 2.73. The number of phenolic OH excluding ortho intramolecular Hbond substituents is 1. The van der Waals surface area contributed by atoms with Crippen LogP contribution >= 0.6 is 0 Å². The molecule has 0 atom stereocenters. The highest BCUT2D eigenvalue weighted by Gasteiger charge is 2.18. The highest BCUT2D eigenvalue weighted by Crippen LogP contribution is 2.39. The number of aromatic nitrogens is 3. The molecule has 0 saturated carbocycles. The van der Waals surface area contributed by atoms with Crippen LogP contribution in [0.5, 0.6) is 11.5 Å². The number of phenols is 1. The van der Waals surface area contributed by atoms with Crippen LogP contribution in [0.15, 0.2) is 54.7 Å². The first-order chi connectivity index (χ1) is 13.6. The molecule has 4 aromatic rings. The third kappa shape index (κ3) is 3.09. The van der Waals surface area contributed by atoms with E-state index in [-0.39, 0.29) is 11.7 Å². The molecule has 0 spiro atoms. The summed E-state index contributed by atoms with van der Waals surface area (Å²) in [7, 11) is 1.58. The Labute approximate surface area is 162 Å². The number of rotatable bonds is 4. The van der Waals surface area contributed by atoms with E-state index in [9.17, 15) is 5.11 Å². The second kappa shape index (κ2) is 7.15. The summed E-state index contributed by atoms with van der Waals surface area (Å²) in [5.74, 6) is 0.832. The smallest absolute Gasteiger partial charge is 0.220 e. The summed E-state index contributed by atoms with van der Waals surface area (Å²) in [6.07, 6.45) is 2.39.